The number of nitrogens with one attached hydrogen (secondary N) is 1. The van der Waals surface area contributed by atoms with E-state index in [9.17, 15) is 14.4 Å². The first kappa shape index (κ1) is 21.3. The molecule has 162 valence electrons. The molecule has 0 spiro atoms. The van der Waals surface area contributed by atoms with Gasteiger partial charge in [0.25, 0.3) is 17.7 Å². The minimum atomic E-state index is -0.377. The van der Waals surface area contributed by atoms with E-state index in [0.29, 0.717) is 34.2 Å². The number of imide groups is 1. The monoisotopic (exact) mass is 428 g/mol. The Morgan fingerprint density at radius 1 is 0.938 bits per heavy atom. The summed E-state index contributed by atoms with van der Waals surface area (Å²) < 4.78 is 5.74. The lowest BCUT2D eigenvalue weighted by Gasteiger charge is -2.16. The molecule has 3 amide bonds. The van der Waals surface area contributed by atoms with Gasteiger partial charge in [0.1, 0.15) is 5.75 Å². The molecule has 0 radical (unpaired) electrons. The van der Waals surface area contributed by atoms with E-state index in [2.05, 4.69) is 25.2 Å². The molecule has 0 saturated heterocycles. The van der Waals surface area contributed by atoms with Gasteiger partial charge >= 0.3 is 0 Å². The Balaban J connectivity index is 1.45. The van der Waals surface area contributed by atoms with Gasteiger partial charge in [0.2, 0.25) is 0 Å². The second-order valence-corrected chi connectivity index (χ2v) is 8.06. The summed E-state index contributed by atoms with van der Waals surface area (Å²) in [6, 6.07) is 19.4. The van der Waals surface area contributed by atoms with Crippen LogP contribution in [0.2, 0.25) is 0 Å². The van der Waals surface area contributed by atoms with E-state index in [1.165, 1.54) is 0 Å². The SMILES string of the molecule is Cc1ccc(C(C)C)cc1OCC(=O)Nc1cccc(N2C(=O)c3ccccc3C2=O)c1. The fraction of sp³-hybridized carbons (Fsp3) is 0.192. The predicted octanol–water partition coefficient (Wildman–Crippen LogP) is 4.94. The maximum absolute atomic E-state index is 12.7. The molecule has 1 N–H and O–H groups in total. The molecule has 6 nitrogen and oxygen atoms in total. The molecule has 0 aliphatic carbocycles. The van der Waals surface area contributed by atoms with Gasteiger partial charge in [0.15, 0.2) is 6.61 Å². The molecule has 3 aromatic carbocycles. The Morgan fingerprint density at radius 2 is 1.62 bits per heavy atom. The number of carbonyl (C=O) groups is 3. The van der Waals surface area contributed by atoms with Gasteiger partial charge in [0, 0.05) is 5.69 Å². The van der Waals surface area contributed by atoms with Crippen LogP contribution >= 0.6 is 0 Å². The van der Waals surface area contributed by atoms with Crippen LogP contribution in [0, 0.1) is 6.92 Å². The summed E-state index contributed by atoms with van der Waals surface area (Å²) in [5.74, 6) is -0.0579. The maximum atomic E-state index is 12.7. The number of fused-ring (bicyclic) bond motifs is 1. The first-order chi connectivity index (χ1) is 15.3. The van der Waals surface area contributed by atoms with E-state index in [4.69, 9.17) is 4.74 Å². The Kier molecular flexibility index (Phi) is 5.77. The minimum Gasteiger partial charge on any atom is -0.483 e. The molecule has 1 heterocycles. The van der Waals surface area contributed by atoms with E-state index >= 15 is 0 Å². The quantitative estimate of drug-likeness (QED) is 0.565. The molecule has 32 heavy (non-hydrogen) atoms. The maximum Gasteiger partial charge on any atom is 0.266 e. The summed E-state index contributed by atoms with van der Waals surface area (Å²) in [5.41, 5.74) is 3.71. The number of nitrogens with zero attached hydrogens (tertiary/aromatic N) is 1. The minimum absolute atomic E-state index is 0.153. The van der Waals surface area contributed by atoms with Crippen molar-refractivity contribution in [3.63, 3.8) is 0 Å². The van der Waals surface area contributed by atoms with E-state index < -0.39 is 0 Å². The van der Waals surface area contributed by atoms with E-state index in [1.807, 2.05) is 19.1 Å². The summed E-state index contributed by atoms with van der Waals surface area (Å²) >= 11 is 0. The van der Waals surface area contributed by atoms with E-state index in [0.717, 1.165) is 16.0 Å². The van der Waals surface area contributed by atoms with Crippen LogP contribution in [0.25, 0.3) is 0 Å². The molecule has 1 aliphatic rings. The summed E-state index contributed by atoms with van der Waals surface area (Å²) in [6.07, 6.45) is 0. The molecule has 4 rings (SSSR count). The Hall–Kier alpha value is -3.93. The number of aryl methyl sites for hydroxylation is 1. The molecule has 3 aromatic rings. The lowest BCUT2D eigenvalue weighted by molar-refractivity contribution is -0.118. The molecule has 0 saturated carbocycles. The lowest BCUT2D eigenvalue weighted by atomic mass is 10.0. The van der Waals surface area contributed by atoms with Gasteiger partial charge in [-0.3, -0.25) is 14.4 Å². The summed E-state index contributed by atoms with van der Waals surface area (Å²) in [5, 5.41) is 2.77. The van der Waals surface area contributed by atoms with Crippen LogP contribution < -0.4 is 15.0 Å². The van der Waals surface area contributed by atoms with E-state index in [1.54, 1.807) is 48.5 Å². The van der Waals surface area contributed by atoms with Gasteiger partial charge in [-0.05, 0) is 60.4 Å². The number of carbonyl (C=O) groups excluding carboxylic acids is 3. The fourth-order valence-electron chi connectivity index (χ4n) is 3.62. The molecular formula is C26H24N2O4. The van der Waals surface area contributed by atoms with Crippen molar-refractivity contribution in [2.75, 3.05) is 16.8 Å². The topological polar surface area (TPSA) is 75.7 Å². The number of ether oxygens (including phenoxy) is 1. The average Bonchev–Trinajstić information content (AvgIpc) is 3.03. The Labute approximate surface area is 186 Å². The summed E-state index contributed by atoms with van der Waals surface area (Å²) in [4.78, 5) is 39.0. The van der Waals surface area contributed by atoms with Gasteiger partial charge in [-0.2, -0.15) is 0 Å². The first-order valence-electron chi connectivity index (χ1n) is 10.5. The molecule has 0 atom stereocenters. The van der Waals surface area contributed by atoms with Gasteiger partial charge in [-0.1, -0.05) is 44.2 Å². The highest BCUT2D eigenvalue weighted by Crippen LogP contribution is 2.30. The first-order valence-corrected chi connectivity index (χ1v) is 10.5. The zero-order chi connectivity index (χ0) is 22.8. The van der Waals surface area contributed by atoms with Gasteiger partial charge in [0.05, 0.1) is 16.8 Å². The Bertz CT molecular complexity index is 1180. The van der Waals surface area contributed by atoms with Crippen molar-refractivity contribution >= 4 is 29.1 Å². The van der Waals surface area contributed by atoms with Crippen LogP contribution in [0.5, 0.6) is 5.75 Å². The molecule has 0 fully saturated rings. The van der Waals surface area contributed by atoms with Crippen molar-refractivity contribution in [2.24, 2.45) is 0 Å². The predicted molar refractivity (Wildman–Crippen MR) is 123 cm³/mol. The normalized spacial score (nSPS) is 12.8. The van der Waals surface area contributed by atoms with Gasteiger partial charge < -0.3 is 10.1 Å². The fourth-order valence-corrected chi connectivity index (χ4v) is 3.62. The van der Waals surface area contributed by atoms with E-state index in [-0.39, 0.29) is 24.3 Å². The molecule has 0 aromatic heterocycles. The molecule has 6 heteroatoms. The largest absolute Gasteiger partial charge is 0.483 e. The highest BCUT2D eigenvalue weighted by Gasteiger charge is 2.36. The van der Waals surface area contributed by atoms with Crippen molar-refractivity contribution < 1.29 is 19.1 Å². The van der Waals surface area contributed by atoms with Crippen molar-refractivity contribution in [1.29, 1.82) is 0 Å². The lowest BCUT2D eigenvalue weighted by Crippen LogP contribution is -2.29. The number of anilines is 2. The zero-order valence-electron chi connectivity index (χ0n) is 18.2. The Morgan fingerprint density at radius 3 is 2.28 bits per heavy atom. The zero-order valence-corrected chi connectivity index (χ0v) is 18.2. The molecule has 1 aliphatic heterocycles. The van der Waals surface area contributed by atoms with Crippen molar-refractivity contribution in [3.8, 4) is 5.75 Å². The highest BCUT2D eigenvalue weighted by atomic mass is 16.5. The summed E-state index contributed by atoms with van der Waals surface area (Å²) in [7, 11) is 0. The van der Waals surface area contributed by atoms with Crippen molar-refractivity contribution in [3.05, 3.63) is 89.0 Å². The summed E-state index contributed by atoms with van der Waals surface area (Å²) in [6.45, 7) is 5.98. The molecular weight excluding hydrogens is 404 g/mol. The number of amides is 3. The second kappa shape index (κ2) is 8.67. The van der Waals surface area contributed by atoms with Crippen molar-refractivity contribution in [2.45, 2.75) is 26.7 Å². The third kappa shape index (κ3) is 4.12. The third-order valence-corrected chi connectivity index (χ3v) is 5.42. The number of hydrogen-bond acceptors (Lipinski definition) is 4. The highest BCUT2D eigenvalue weighted by molar-refractivity contribution is 6.34. The molecule has 0 bridgehead atoms. The van der Waals surface area contributed by atoms with Crippen LogP contribution in [0.3, 0.4) is 0 Å². The van der Waals surface area contributed by atoms with Crippen LogP contribution in [0.4, 0.5) is 11.4 Å². The second-order valence-electron chi connectivity index (χ2n) is 8.06. The van der Waals surface area contributed by atoms with Gasteiger partial charge in [-0.15, -0.1) is 0 Å². The smallest absolute Gasteiger partial charge is 0.266 e. The average molecular weight is 428 g/mol. The third-order valence-electron chi connectivity index (χ3n) is 5.42. The molecule has 0 unspecified atom stereocenters. The number of hydrogen-bond donors (Lipinski definition) is 1. The van der Waals surface area contributed by atoms with Crippen LogP contribution in [0.1, 0.15) is 51.6 Å². The number of benzene rings is 3. The van der Waals surface area contributed by atoms with Crippen LogP contribution in [0.15, 0.2) is 66.7 Å². The van der Waals surface area contributed by atoms with Crippen molar-refractivity contribution in [1.82, 2.24) is 0 Å². The standard InChI is InChI=1S/C26H24N2O4/c1-16(2)18-12-11-17(3)23(13-18)32-15-24(29)27-19-7-6-8-20(14-19)28-25(30)21-9-4-5-10-22(21)26(28)31/h4-14,16H,15H2,1-3H3,(H,27,29). The van der Waals surface area contributed by atoms with Crippen LogP contribution in [-0.2, 0) is 4.79 Å². The number of rotatable bonds is 6. The van der Waals surface area contributed by atoms with Crippen LogP contribution in [-0.4, -0.2) is 24.3 Å². The van der Waals surface area contributed by atoms with Gasteiger partial charge in [-0.25, -0.2) is 4.90 Å².